The van der Waals surface area contributed by atoms with E-state index in [4.69, 9.17) is 15.6 Å². The third-order valence-corrected chi connectivity index (χ3v) is 7.12. The average Bonchev–Trinajstić information content (AvgIpc) is 3.67. The first kappa shape index (κ1) is 32.5. The maximum atomic E-state index is 15.2. The first-order chi connectivity index (χ1) is 23.0. The number of halogens is 3. The van der Waals surface area contributed by atoms with Crippen LogP contribution in [0, 0.1) is 47.0 Å². The van der Waals surface area contributed by atoms with Crippen LogP contribution in [0.5, 0.6) is 0 Å². The van der Waals surface area contributed by atoms with E-state index < -0.39 is 29.5 Å². The van der Waals surface area contributed by atoms with Crippen LogP contribution in [0.4, 0.5) is 29.3 Å². The van der Waals surface area contributed by atoms with Crippen molar-refractivity contribution in [1.29, 1.82) is 10.5 Å². The van der Waals surface area contributed by atoms with E-state index in [9.17, 15) is 23.2 Å². The molecule has 0 spiro atoms. The lowest BCUT2D eigenvalue weighted by atomic mass is 9.92. The second kappa shape index (κ2) is 13.6. The van der Waals surface area contributed by atoms with Crippen LogP contribution in [-0.2, 0) is 6.54 Å². The Labute approximate surface area is 270 Å². The smallest absolute Gasteiger partial charge is 0.335 e. The number of hydrogen-bond acceptors (Lipinski definition) is 6. The number of hydrogen-bond donors (Lipinski definition) is 5. The molecular weight excluding hydrogens is 627 g/mol. The number of nitrogens with one attached hydrogen (secondary N) is 4. The Morgan fingerprint density at radius 2 is 1.42 bits per heavy atom. The Morgan fingerprint density at radius 1 is 0.833 bits per heavy atom. The molecule has 3 amide bonds. The quantitative estimate of drug-likeness (QED) is 0.144. The molecule has 4 aromatic carbocycles. The summed E-state index contributed by atoms with van der Waals surface area (Å²) in [4.78, 5) is 42.6. The predicted octanol–water partition coefficient (Wildman–Crippen LogP) is 6.48. The summed E-state index contributed by atoms with van der Waals surface area (Å²) in [6, 6.07) is 17.0. The van der Waals surface area contributed by atoms with Crippen LogP contribution in [0.15, 0.2) is 72.9 Å². The fourth-order valence-electron chi connectivity index (χ4n) is 4.87. The van der Waals surface area contributed by atoms with Crippen molar-refractivity contribution in [3.05, 3.63) is 124 Å². The van der Waals surface area contributed by atoms with Crippen molar-refractivity contribution in [1.82, 2.24) is 15.3 Å². The van der Waals surface area contributed by atoms with Gasteiger partial charge in [-0.05, 0) is 78.7 Å². The van der Waals surface area contributed by atoms with Gasteiger partial charge in [-0.15, -0.1) is 0 Å². The standard InChI is InChI=1S/C26H18F2N6O2.C8H4FNO2/c1-13-11-30-24(32-13)19-7-6-17(20-12-31-25(35)23(19)20)18-5-4-16(9-22(18)28)34-26(36)33-15-3-2-14(10-29)21(27)8-15;9-7-3-5(8(11)12)1-2-6(7)4-10/h2-9,11H,12H2,1H3,(H,30,32)(H,31,35)(H2,33,34,36);1-3H,(H,11,12). The summed E-state index contributed by atoms with van der Waals surface area (Å²) >= 11 is 0. The fraction of sp³-hybridized carbons (Fsp3) is 0.0588. The average molecular weight is 650 g/mol. The van der Waals surface area contributed by atoms with Gasteiger partial charge >= 0.3 is 12.0 Å². The van der Waals surface area contributed by atoms with Crippen molar-refractivity contribution in [2.45, 2.75) is 13.5 Å². The molecule has 5 aromatic rings. The third-order valence-electron chi connectivity index (χ3n) is 7.12. The van der Waals surface area contributed by atoms with Gasteiger partial charge in [-0.25, -0.2) is 27.7 Å². The van der Waals surface area contributed by atoms with Crippen molar-refractivity contribution in [2.24, 2.45) is 0 Å². The molecule has 14 heteroatoms. The number of benzene rings is 4. The summed E-state index contributed by atoms with van der Waals surface area (Å²) in [6.07, 6.45) is 1.67. The first-order valence-electron chi connectivity index (χ1n) is 14.0. The summed E-state index contributed by atoms with van der Waals surface area (Å²) < 4.78 is 41.6. The Kier molecular flexibility index (Phi) is 9.20. The third kappa shape index (κ3) is 6.83. The molecule has 1 aliphatic heterocycles. The molecule has 238 valence electrons. The normalized spacial score (nSPS) is 11.2. The number of H-pyrrole nitrogens is 1. The van der Waals surface area contributed by atoms with Gasteiger partial charge in [0.1, 0.15) is 35.4 Å². The van der Waals surface area contributed by atoms with Gasteiger partial charge < -0.3 is 26.0 Å². The van der Waals surface area contributed by atoms with Gasteiger partial charge in [-0.3, -0.25) is 4.79 Å². The number of amides is 3. The number of aryl methyl sites for hydroxylation is 1. The van der Waals surface area contributed by atoms with Crippen LogP contribution in [-0.4, -0.2) is 33.0 Å². The lowest BCUT2D eigenvalue weighted by molar-refractivity contribution is 0.0696. The number of rotatable bonds is 5. The molecule has 1 aliphatic rings. The Hall–Kier alpha value is -6.93. The molecule has 0 unspecified atom stereocenters. The lowest BCUT2D eigenvalue weighted by Gasteiger charge is -2.13. The van der Waals surface area contributed by atoms with E-state index in [1.807, 2.05) is 6.92 Å². The minimum Gasteiger partial charge on any atom is -0.478 e. The summed E-state index contributed by atoms with van der Waals surface area (Å²) in [7, 11) is 0. The van der Waals surface area contributed by atoms with E-state index in [1.165, 1.54) is 30.3 Å². The molecule has 0 fully saturated rings. The maximum Gasteiger partial charge on any atom is 0.335 e. The highest BCUT2D eigenvalue weighted by atomic mass is 19.1. The summed E-state index contributed by atoms with van der Waals surface area (Å²) in [5.41, 5.74) is 3.26. The highest BCUT2D eigenvalue weighted by Crippen LogP contribution is 2.37. The number of aromatic amines is 1. The number of imidazole rings is 1. The van der Waals surface area contributed by atoms with Gasteiger partial charge in [-0.2, -0.15) is 10.5 Å². The van der Waals surface area contributed by atoms with Crippen LogP contribution < -0.4 is 16.0 Å². The van der Waals surface area contributed by atoms with E-state index in [2.05, 4.69) is 25.9 Å². The summed E-state index contributed by atoms with van der Waals surface area (Å²) in [5, 5.41) is 33.3. The summed E-state index contributed by atoms with van der Waals surface area (Å²) in [6.45, 7) is 2.11. The van der Waals surface area contributed by atoms with Crippen LogP contribution in [0.2, 0.25) is 0 Å². The van der Waals surface area contributed by atoms with E-state index in [1.54, 1.807) is 30.5 Å². The minimum absolute atomic E-state index is 0.140. The number of aromatic nitrogens is 2. The predicted molar refractivity (Wildman–Crippen MR) is 167 cm³/mol. The molecular formula is C34H22F3N7O4. The molecule has 2 heterocycles. The fourth-order valence-corrected chi connectivity index (χ4v) is 4.87. The monoisotopic (exact) mass is 649 g/mol. The number of nitrogens with zero attached hydrogens (tertiary/aromatic N) is 3. The molecule has 0 radical (unpaired) electrons. The van der Waals surface area contributed by atoms with Gasteiger partial charge in [0, 0.05) is 40.9 Å². The van der Waals surface area contributed by atoms with Crippen LogP contribution in [0.3, 0.4) is 0 Å². The maximum absolute atomic E-state index is 15.2. The Morgan fingerprint density at radius 3 is 1.98 bits per heavy atom. The van der Waals surface area contributed by atoms with Crippen molar-refractivity contribution < 1.29 is 32.7 Å². The number of anilines is 2. The Bertz CT molecular complexity index is 2200. The molecule has 0 bridgehead atoms. The zero-order chi connectivity index (χ0) is 34.5. The number of aromatic carboxylic acids is 1. The highest BCUT2D eigenvalue weighted by Gasteiger charge is 2.28. The number of carbonyl (C=O) groups is 3. The molecule has 0 saturated carbocycles. The molecule has 1 aromatic heterocycles. The summed E-state index contributed by atoms with van der Waals surface area (Å²) in [5.74, 6) is -3.08. The number of carbonyl (C=O) groups excluding carboxylic acids is 2. The van der Waals surface area contributed by atoms with Crippen molar-refractivity contribution >= 4 is 29.3 Å². The molecule has 6 rings (SSSR count). The lowest BCUT2D eigenvalue weighted by Crippen LogP contribution is -2.19. The van der Waals surface area contributed by atoms with E-state index >= 15 is 4.39 Å². The Balaban J connectivity index is 0.000000318. The highest BCUT2D eigenvalue weighted by molar-refractivity contribution is 6.06. The second-order valence-corrected chi connectivity index (χ2v) is 10.3. The first-order valence-corrected chi connectivity index (χ1v) is 14.0. The van der Waals surface area contributed by atoms with Crippen LogP contribution in [0.1, 0.15) is 43.1 Å². The molecule has 0 atom stereocenters. The SMILES string of the molecule is Cc1cnc(-c2ccc(-c3ccc(NC(=O)Nc4ccc(C#N)c(F)c4)cc3F)c3c2C(=O)NC3)[nH]1.N#Cc1ccc(C(=O)O)cc1F. The van der Waals surface area contributed by atoms with Crippen LogP contribution in [0.25, 0.3) is 22.5 Å². The number of carboxylic acids is 1. The number of urea groups is 1. The molecule has 5 N–H and O–H groups in total. The van der Waals surface area contributed by atoms with Gasteiger partial charge in [0.25, 0.3) is 5.91 Å². The van der Waals surface area contributed by atoms with Gasteiger partial charge in [0.15, 0.2) is 0 Å². The van der Waals surface area contributed by atoms with Gasteiger partial charge in [-0.1, -0.05) is 6.07 Å². The number of fused-ring (bicyclic) bond motifs is 1. The van der Waals surface area contributed by atoms with E-state index in [0.29, 0.717) is 28.1 Å². The number of nitriles is 2. The van der Waals surface area contributed by atoms with Crippen molar-refractivity contribution in [2.75, 3.05) is 10.6 Å². The zero-order valence-electron chi connectivity index (χ0n) is 24.8. The topological polar surface area (TPSA) is 184 Å². The zero-order valence-corrected chi connectivity index (χ0v) is 24.8. The van der Waals surface area contributed by atoms with Crippen LogP contribution >= 0.6 is 0 Å². The van der Waals surface area contributed by atoms with Gasteiger partial charge in [0.05, 0.1) is 22.3 Å². The van der Waals surface area contributed by atoms with Crippen molar-refractivity contribution in [3.8, 4) is 34.7 Å². The molecule has 11 nitrogen and oxygen atoms in total. The largest absolute Gasteiger partial charge is 0.478 e. The van der Waals surface area contributed by atoms with E-state index in [-0.39, 0.29) is 46.1 Å². The minimum atomic E-state index is -1.21. The number of carboxylic acid groups (broad SMARTS) is 1. The van der Waals surface area contributed by atoms with E-state index in [0.717, 1.165) is 30.0 Å². The van der Waals surface area contributed by atoms with Crippen molar-refractivity contribution in [3.63, 3.8) is 0 Å². The molecule has 48 heavy (non-hydrogen) atoms. The second-order valence-electron chi connectivity index (χ2n) is 10.3. The molecule has 0 saturated heterocycles. The molecule has 0 aliphatic carbocycles. The van der Waals surface area contributed by atoms with Gasteiger partial charge in [0.2, 0.25) is 0 Å².